The molecular weight excluding hydrogens is 204 g/mol. The van der Waals surface area contributed by atoms with E-state index >= 15 is 0 Å². The normalized spacial score (nSPS) is 11.8. The highest BCUT2D eigenvalue weighted by Crippen LogP contribution is 2.35. The summed E-state index contributed by atoms with van der Waals surface area (Å²) in [6.07, 6.45) is 0. The molecular formula is C17H12. The second-order valence-corrected chi connectivity index (χ2v) is 4.74. The summed E-state index contributed by atoms with van der Waals surface area (Å²) in [5, 5.41) is 8.24. The van der Waals surface area contributed by atoms with Gasteiger partial charge in [0, 0.05) is 0 Å². The van der Waals surface area contributed by atoms with E-state index in [9.17, 15) is 0 Å². The minimum absolute atomic E-state index is 1.34. The molecule has 0 aromatic heterocycles. The Hall–Kier alpha value is -2.08. The molecule has 4 aromatic carbocycles. The number of rotatable bonds is 0. The average Bonchev–Trinajstić information content (AvgIpc) is 2.37. The van der Waals surface area contributed by atoms with Gasteiger partial charge in [-0.3, -0.25) is 0 Å². The van der Waals surface area contributed by atoms with E-state index in [0.717, 1.165) is 0 Å². The Balaban J connectivity index is 2.50. The molecule has 0 bridgehead atoms. The van der Waals surface area contributed by atoms with Crippen molar-refractivity contribution in [3.8, 4) is 0 Å². The van der Waals surface area contributed by atoms with Gasteiger partial charge in [-0.15, -0.1) is 0 Å². The van der Waals surface area contributed by atoms with Crippen molar-refractivity contribution < 1.29 is 0 Å². The molecule has 0 aliphatic heterocycles. The third-order valence-electron chi connectivity index (χ3n) is 3.71. The van der Waals surface area contributed by atoms with E-state index in [4.69, 9.17) is 0 Å². The van der Waals surface area contributed by atoms with Gasteiger partial charge in [0.05, 0.1) is 0 Å². The summed E-state index contributed by atoms with van der Waals surface area (Å²) in [6, 6.07) is 19.9. The van der Waals surface area contributed by atoms with E-state index in [1.807, 2.05) is 0 Å². The Bertz CT molecular complexity index is 840. The first kappa shape index (κ1) is 9.00. The molecule has 4 rings (SSSR count). The summed E-state index contributed by atoms with van der Waals surface area (Å²) < 4.78 is 0. The lowest BCUT2D eigenvalue weighted by Crippen LogP contribution is -1.85. The van der Waals surface area contributed by atoms with Crippen LogP contribution in [0.4, 0.5) is 0 Å². The highest BCUT2D eigenvalue weighted by Gasteiger charge is 2.08. The first-order chi connectivity index (χ1) is 8.34. The van der Waals surface area contributed by atoms with Crippen LogP contribution in [0.5, 0.6) is 0 Å². The van der Waals surface area contributed by atoms with Crippen molar-refractivity contribution in [2.24, 2.45) is 0 Å². The molecule has 0 heteroatoms. The van der Waals surface area contributed by atoms with E-state index in [1.165, 1.54) is 37.9 Å². The maximum Gasteiger partial charge on any atom is -0.00241 e. The Labute approximate surface area is 99.8 Å². The highest BCUT2D eigenvalue weighted by atomic mass is 14.1. The van der Waals surface area contributed by atoms with Crippen LogP contribution >= 0.6 is 0 Å². The Morgan fingerprint density at radius 1 is 0.647 bits per heavy atom. The summed E-state index contributed by atoms with van der Waals surface area (Å²) in [6.45, 7) is 2.20. The molecule has 0 N–H and O–H groups in total. The topological polar surface area (TPSA) is 0 Å². The van der Waals surface area contributed by atoms with Crippen LogP contribution in [0.15, 0.2) is 54.6 Å². The Morgan fingerprint density at radius 3 is 2.12 bits per heavy atom. The lowest BCUT2D eigenvalue weighted by molar-refractivity contribution is 1.56. The SMILES string of the molecule is Cc1cc2cccc3ccc4cccc1c4c32. The molecule has 0 fully saturated rings. The molecule has 0 atom stereocenters. The lowest BCUT2D eigenvalue weighted by atomic mass is 9.92. The van der Waals surface area contributed by atoms with Gasteiger partial charge in [0.15, 0.2) is 0 Å². The molecule has 4 aromatic rings. The van der Waals surface area contributed by atoms with Gasteiger partial charge in [0.2, 0.25) is 0 Å². The molecule has 17 heavy (non-hydrogen) atoms. The van der Waals surface area contributed by atoms with Gasteiger partial charge in [-0.2, -0.15) is 0 Å². The van der Waals surface area contributed by atoms with Gasteiger partial charge >= 0.3 is 0 Å². The molecule has 0 amide bonds. The van der Waals surface area contributed by atoms with Gasteiger partial charge in [-0.25, -0.2) is 0 Å². The minimum Gasteiger partial charge on any atom is -0.0610 e. The average molecular weight is 216 g/mol. The summed E-state index contributed by atoms with van der Waals surface area (Å²) in [7, 11) is 0. The highest BCUT2D eigenvalue weighted by molar-refractivity contribution is 6.23. The molecule has 0 aliphatic carbocycles. The number of aryl methyl sites for hydroxylation is 1. The van der Waals surface area contributed by atoms with E-state index in [0.29, 0.717) is 0 Å². The number of hydrogen-bond acceptors (Lipinski definition) is 0. The number of benzene rings is 4. The molecule has 0 radical (unpaired) electrons. The molecule has 0 unspecified atom stereocenters. The molecule has 0 heterocycles. The van der Waals surface area contributed by atoms with Crippen LogP contribution in [0.2, 0.25) is 0 Å². The van der Waals surface area contributed by atoms with Crippen LogP contribution in [0.25, 0.3) is 32.3 Å². The van der Waals surface area contributed by atoms with Crippen LogP contribution in [-0.2, 0) is 0 Å². The van der Waals surface area contributed by atoms with Gasteiger partial charge in [0.25, 0.3) is 0 Å². The molecule has 0 saturated carbocycles. The van der Waals surface area contributed by atoms with Crippen molar-refractivity contribution >= 4 is 32.3 Å². The fraction of sp³-hybridized carbons (Fsp3) is 0.0588. The summed E-state index contributed by atoms with van der Waals surface area (Å²) in [5.41, 5.74) is 1.36. The summed E-state index contributed by atoms with van der Waals surface area (Å²) in [5.74, 6) is 0. The fourth-order valence-electron chi connectivity index (χ4n) is 2.94. The number of hydrogen-bond donors (Lipinski definition) is 0. The Morgan fingerprint density at radius 2 is 1.29 bits per heavy atom. The summed E-state index contributed by atoms with van der Waals surface area (Å²) in [4.78, 5) is 0. The summed E-state index contributed by atoms with van der Waals surface area (Å²) >= 11 is 0. The first-order valence-electron chi connectivity index (χ1n) is 5.98. The van der Waals surface area contributed by atoms with Crippen molar-refractivity contribution in [1.29, 1.82) is 0 Å². The predicted octanol–water partition coefficient (Wildman–Crippen LogP) is 4.89. The van der Waals surface area contributed by atoms with E-state index in [-0.39, 0.29) is 0 Å². The maximum absolute atomic E-state index is 2.30. The Kier molecular flexibility index (Phi) is 1.58. The van der Waals surface area contributed by atoms with Gasteiger partial charge in [-0.05, 0) is 44.8 Å². The van der Waals surface area contributed by atoms with Gasteiger partial charge < -0.3 is 0 Å². The zero-order valence-electron chi connectivity index (χ0n) is 9.70. The van der Waals surface area contributed by atoms with E-state index < -0.39 is 0 Å². The van der Waals surface area contributed by atoms with E-state index in [2.05, 4.69) is 61.5 Å². The van der Waals surface area contributed by atoms with Crippen LogP contribution in [0.1, 0.15) is 5.56 Å². The monoisotopic (exact) mass is 216 g/mol. The second-order valence-electron chi connectivity index (χ2n) is 4.74. The van der Waals surface area contributed by atoms with Crippen LogP contribution in [0, 0.1) is 6.92 Å². The third-order valence-corrected chi connectivity index (χ3v) is 3.71. The van der Waals surface area contributed by atoms with Crippen molar-refractivity contribution in [2.75, 3.05) is 0 Å². The molecule has 80 valence electrons. The van der Waals surface area contributed by atoms with Gasteiger partial charge in [-0.1, -0.05) is 54.6 Å². The van der Waals surface area contributed by atoms with Gasteiger partial charge in [0.1, 0.15) is 0 Å². The van der Waals surface area contributed by atoms with E-state index in [1.54, 1.807) is 0 Å². The third kappa shape index (κ3) is 1.07. The standard InChI is InChI=1S/C17H12/c1-11-10-14-6-2-4-12-8-9-13-5-3-7-15(11)17(13)16(12)14/h2-10H,1H3. The fourth-order valence-corrected chi connectivity index (χ4v) is 2.94. The van der Waals surface area contributed by atoms with Crippen molar-refractivity contribution in [2.45, 2.75) is 6.92 Å². The van der Waals surface area contributed by atoms with Crippen molar-refractivity contribution in [1.82, 2.24) is 0 Å². The van der Waals surface area contributed by atoms with Crippen LogP contribution < -0.4 is 0 Å². The predicted molar refractivity (Wildman–Crippen MR) is 74.9 cm³/mol. The quantitative estimate of drug-likeness (QED) is 0.367. The van der Waals surface area contributed by atoms with Crippen molar-refractivity contribution in [3.05, 3.63) is 60.2 Å². The lowest BCUT2D eigenvalue weighted by Gasteiger charge is -2.12. The maximum atomic E-state index is 2.30. The molecule has 0 nitrogen and oxygen atoms in total. The zero-order chi connectivity index (χ0) is 11.4. The minimum atomic E-state index is 1.34. The second kappa shape index (κ2) is 2.98. The largest absolute Gasteiger partial charge is 0.0610 e. The van der Waals surface area contributed by atoms with Crippen LogP contribution in [-0.4, -0.2) is 0 Å². The van der Waals surface area contributed by atoms with Crippen LogP contribution in [0.3, 0.4) is 0 Å². The molecule has 0 spiro atoms. The first-order valence-corrected chi connectivity index (χ1v) is 5.98. The smallest absolute Gasteiger partial charge is 0.00241 e. The molecule has 0 saturated heterocycles. The van der Waals surface area contributed by atoms with Crippen molar-refractivity contribution in [3.63, 3.8) is 0 Å². The zero-order valence-corrected chi connectivity index (χ0v) is 9.70. The molecule has 0 aliphatic rings.